The van der Waals surface area contributed by atoms with Crippen LogP contribution in [-0.2, 0) is 11.3 Å². The van der Waals surface area contributed by atoms with Crippen molar-refractivity contribution >= 4 is 11.7 Å². The second-order valence-electron chi connectivity index (χ2n) is 3.32. The zero-order chi connectivity index (χ0) is 10.1. The highest BCUT2D eigenvalue weighted by molar-refractivity contribution is 5.77. The lowest BCUT2D eigenvalue weighted by Crippen LogP contribution is -2.21. The Labute approximate surface area is 81.9 Å². The quantitative estimate of drug-likeness (QED) is 0.653. The maximum Gasteiger partial charge on any atom is 0.325 e. The van der Waals surface area contributed by atoms with Crippen LogP contribution in [0.4, 0.5) is 5.69 Å². The zero-order valence-electron chi connectivity index (χ0n) is 7.87. The number of fused-ring (bicyclic) bond motifs is 1. The first-order valence-electron chi connectivity index (χ1n) is 4.49. The van der Waals surface area contributed by atoms with E-state index in [2.05, 4.69) is 10.6 Å². The minimum Gasteiger partial charge on any atom is -0.480 e. The van der Waals surface area contributed by atoms with Gasteiger partial charge in [0.1, 0.15) is 6.04 Å². The van der Waals surface area contributed by atoms with Crippen molar-refractivity contribution in [3.05, 3.63) is 29.3 Å². The van der Waals surface area contributed by atoms with Gasteiger partial charge >= 0.3 is 5.97 Å². The van der Waals surface area contributed by atoms with Gasteiger partial charge in [0, 0.05) is 19.3 Å². The Morgan fingerprint density at radius 3 is 3.07 bits per heavy atom. The van der Waals surface area contributed by atoms with Crippen LogP contribution >= 0.6 is 0 Å². The standard InChI is InChI=1S/C10H12N2O2/c1-11-7-2-3-8-6(4-7)5-12-9(8)10(13)14/h2-4,9,11-12H,5H2,1H3,(H,13,14). The highest BCUT2D eigenvalue weighted by Crippen LogP contribution is 2.27. The molecule has 0 bridgehead atoms. The van der Waals surface area contributed by atoms with Crippen molar-refractivity contribution in [1.82, 2.24) is 5.32 Å². The van der Waals surface area contributed by atoms with Gasteiger partial charge in [0.2, 0.25) is 0 Å². The van der Waals surface area contributed by atoms with Crippen LogP contribution in [0.15, 0.2) is 18.2 Å². The van der Waals surface area contributed by atoms with Crippen molar-refractivity contribution in [2.45, 2.75) is 12.6 Å². The van der Waals surface area contributed by atoms with Crippen LogP contribution in [0.1, 0.15) is 17.2 Å². The first kappa shape index (κ1) is 9.02. The number of hydrogen-bond donors (Lipinski definition) is 3. The molecule has 3 N–H and O–H groups in total. The van der Waals surface area contributed by atoms with Crippen molar-refractivity contribution in [2.24, 2.45) is 0 Å². The van der Waals surface area contributed by atoms with Crippen molar-refractivity contribution in [3.8, 4) is 0 Å². The number of carbonyl (C=O) groups is 1. The van der Waals surface area contributed by atoms with E-state index in [1.54, 1.807) is 0 Å². The third-order valence-corrected chi connectivity index (χ3v) is 2.49. The smallest absolute Gasteiger partial charge is 0.325 e. The molecule has 0 aliphatic carbocycles. The van der Waals surface area contributed by atoms with E-state index in [0.717, 1.165) is 16.8 Å². The number of nitrogens with one attached hydrogen (secondary N) is 2. The Bertz CT molecular complexity index is 376. The van der Waals surface area contributed by atoms with Crippen LogP contribution in [0.25, 0.3) is 0 Å². The normalized spacial score (nSPS) is 19.1. The van der Waals surface area contributed by atoms with Crippen molar-refractivity contribution in [3.63, 3.8) is 0 Å². The van der Waals surface area contributed by atoms with E-state index in [4.69, 9.17) is 5.11 Å². The molecular weight excluding hydrogens is 180 g/mol. The molecule has 0 aromatic heterocycles. The van der Waals surface area contributed by atoms with E-state index in [-0.39, 0.29) is 0 Å². The van der Waals surface area contributed by atoms with E-state index in [1.807, 2.05) is 25.2 Å². The SMILES string of the molecule is CNc1ccc2c(c1)CNC2C(=O)O. The molecule has 0 saturated heterocycles. The Morgan fingerprint density at radius 2 is 2.43 bits per heavy atom. The average molecular weight is 192 g/mol. The van der Waals surface area contributed by atoms with E-state index in [1.165, 1.54) is 0 Å². The lowest BCUT2D eigenvalue weighted by Gasteiger charge is -2.06. The number of aliphatic carboxylic acids is 1. The minimum atomic E-state index is -0.819. The summed E-state index contributed by atoms with van der Waals surface area (Å²) < 4.78 is 0. The molecule has 0 amide bonds. The van der Waals surface area contributed by atoms with Gasteiger partial charge in [0.05, 0.1) is 0 Å². The fourth-order valence-corrected chi connectivity index (χ4v) is 1.74. The van der Waals surface area contributed by atoms with E-state index >= 15 is 0 Å². The second-order valence-corrected chi connectivity index (χ2v) is 3.32. The number of anilines is 1. The largest absolute Gasteiger partial charge is 0.480 e. The number of benzene rings is 1. The Balaban J connectivity index is 2.38. The molecular formula is C10H12N2O2. The van der Waals surface area contributed by atoms with Gasteiger partial charge in [0.15, 0.2) is 0 Å². The molecule has 1 heterocycles. The molecule has 1 aromatic carbocycles. The summed E-state index contributed by atoms with van der Waals surface area (Å²) in [4.78, 5) is 10.8. The number of rotatable bonds is 2. The molecule has 74 valence electrons. The fourth-order valence-electron chi connectivity index (χ4n) is 1.74. The Morgan fingerprint density at radius 1 is 1.64 bits per heavy atom. The maximum atomic E-state index is 10.8. The summed E-state index contributed by atoms with van der Waals surface area (Å²) in [6.07, 6.45) is 0. The van der Waals surface area contributed by atoms with Crippen LogP contribution < -0.4 is 10.6 Å². The van der Waals surface area contributed by atoms with Gasteiger partial charge in [-0.1, -0.05) is 6.07 Å². The van der Waals surface area contributed by atoms with Crippen LogP contribution in [-0.4, -0.2) is 18.1 Å². The number of hydrogen-bond acceptors (Lipinski definition) is 3. The molecule has 0 fully saturated rings. The van der Waals surface area contributed by atoms with E-state index in [9.17, 15) is 4.79 Å². The van der Waals surface area contributed by atoms with Gasteiger partial charge in [-0.05, 0) is 23.3 Å². The molecule has 4 nitrogen and oxygen atoms in total. The van der Waals surface area contributed by atoms with Gasteiger partial charge in [-0.2, -0.15) is 0 Å². The molecule has 14 heavy (non-hydrogen) atoms. The van der Waals surface area contributed by atoms with Gasteiger partial charge < -0.3 is 10.4 Å². The summed E-state index contributed by atoms with van der Waals surface area (Å²) in [6, 6.07) is 5.18. The first-order chi connectivity index (χ1) is 6.72. The van der Waals surface area contributed by atoms with Crippen molar-refractivity contribution < 1.29 is 9.90 Å². The highest BCUT2D eigenvalue weighted by atomic mass is 16.4. The maximum absolute atomic E-state index is 10.8. The molecule has 0 spiro atoms. The molecule has 1 aromatic rings. The predicted octanol–water partition coefficient (Wildman–Crippen LogP) is 0.957. The van der Waals surface area contributed by atoms with Crippen LogP contribution in [0.3, 0.4) is 0 Å². The molecule has 4 heteroatoms. The molecule has 0 radical (unpaired) electrons. The summed E-state index contributed by atoms with van der Waals surface area (Å²) in [5.74, 6) is -0.819. The summed E-state index contributed by atoms with van der Waals surface area (Å²) in [6.45, 7) is 0.627. The van der Waals surface area contributed by atoms with Crippen molar-refractivity contribution in [2.75, 3.05) is 12.4 Å². The number of carboxylic acids is 1. The lowest BCUT2D eigenvalue weighted by atomic mass is 10.0. The molecule has 2 rings (SSSR count). The Hall–Kier alpha value is -1.55. The van der Waals surface area contributed by atoms with Gasteiger partial charge in [0.25, 0.3) is 0 Å². The molecule has 1 aliphatic rings. The van der Waals surface area contributed by atoms with Crippen LogP contribution in [0.2, 0.25) is 0 Å². The predicted molar refractivity (Wildman–Crippen MR) is 53.2 cm³/mol. The monoisotopic (exact) mass is 192 g/mol. The minimum absolute atomic E-state index is 0.545. The summed E-state index contributed by atoms with van der Waals surface area (Å²) in [7, 11) is 1.85. The van der Waals surface area contributed by atoms with Crippen LogP contribution in [0, 0.1) is 0 Å². The third kappa shape index (κ3) is 1.33. The lowest BCUT2D eigenvalue weighted by molar-refractivity contribution is -0.139. The topological polar surface area (TPSA) is 61.4 Å². The van der Waals surface area contributed by atoms with E-state index < -0.39 is 12.0 Å². The molecule has 1 unspecified atom stereocenters. The fraction of sp³-hybridized carbons (Fsp3) is 0.300. The summed E-state index contributed by atoms with van der Waals surface area (Å²) >= 11 is 0. The summed E-state index contributed by atoms with van der Waals surface area (Å²) in [5, 5.41) is 14.9. The third-order valence-electron chi connectivity index (χ3n) is 2.49. The second kappa shape index (κ2) is 3.31. The van der Waals surface area contributed by atoms with Gasteiger partial charge in [-0.3, -0.25) is 10.1 Å². The number of carboxylic acid groups (broad SMARTS) is 1. The van der Waals surface area contributed by atoms with E-state index in [0.29, 0.717) is 6.54 Å². The molecule has 0 saturated carbocycles. The molecule has 1 aliphatic heterocycles. The summed E-state index contributed by atoms with van der Waals surface area (Å²) in [5.41, 5.74) is 2.94. The van der Waals surface area contributed by atoms with Gasteiger partial charge in [-0.25, -0.2) is 0 Å². The molecule has 1 atom stereocenters. The first-order valence-corrected chi connectivity index (χ1v) is 4.49. The average Bonchev–Trinajstić information content (AvgIpc) is 2.59. The highest BCUT2D eigenvalue weighted by Gasteiger charge is 2.27. The van der Waals surface area contributed by atoms with Crippen LogP contribution in [0.5, 0.6) is 0 Å². The Kier molecular flexibility index (Phi) is 2.13. The van der Waals surface area contributed by atoms with Crippen molar-refractivity contribution in [1.29, 1.82) is 0 Å². The van der Waals surface area contributed by atoms with Gasteiger partial charge in [-0.15, -0.1) is 0 Å². The zero-order valence-corrected chi connectivity index (χ0v) is 7.87.